The SMILES string of the molecule is CCCCC/C=C\C/C=C\C/C=C\CC1OC1CCCC(=O)O[C@H](COC(=O)CCCCCCCCC/C=C\CCCCCC)COP(=O)(O)OC1[C@H](O)[C@H](O)C(O)[C@H](O)[C@H]1O. The Morgan fingerprint density at radius 3 is 1.69 bits per heavy atom. The van der Waals surface area contributed by atoms with Gasteiger partial charge < -0.3 is 44.6 Å². The van der Waals surface area contributed by atoms with Crippen LogP contribution < -0.4 is 0 Å². The molecule has 14 nitrogen and oxygen atoms in total. The van der Waals surface area contributed by atoms with Crippen molar-refractivity contribution in [1.29, 1.82) is 0 Å². The summed E-state index contributed by atoms with van der Waals surface area (Å²) in [6, 6.07) is 0. The summed E-state index contributed by atoms with van der Waals surface area (Å²) < 4.78 is 39.3. The number of carbonyl (C=O) groups excluding carboxylic acids is 2. The number of unbranched alkanes of at least 4 members (excludes halogenated alkanes) is 14. The van der Waals surface area contributed by atoms with E-state index in [0.29, 0.717) is 19.3 Å². The molecule has 10 atom stereocenters. The van der Waals surface area contributed by atoms with Gasteiger partial charge in [0.05, 0.1) is 18.8 Å². The summed E-state index contributed by atoms with van der Waals surface area (Å²) in [5.74, 6) is -1.18. The quantitative estimate of drug-likeness (QED) is 0.0114. The number of carbonyl (C=O) groups is 2. The molecule has 0 aromatic rings. The molecule has 2 aliphatic rings. The zero-order valence-electron chi connectivity index (χ0n) is 37.6. The minimum absolute atomic E-state index is 0.00633. The van der Waals surface area contributed by atoms with E-state index in [2.05, 4.69) is 62.5 Å². The molecule has 1 heterocycles. The van der Waals surface area contributed by atoms with Crippen LogP contribution in [-0.4, -0.2) is 111 Å². The Morgan fingerprint density at radius 2 is 1.06 bits per heavy atom. The topological polar surface area (TPSA) is 222 Å². The average molecular weight is 901 g/mol. The Morgan fingerprint density at radius 1 is 0.581 bits per heavy atom. The first-order valence-electron chi connectivity index (χ1n) is 23.6. The lowest BCUT2D eigenvalue weighted by Gasteiger charge is -2.41. The maximum atomic E-state index is 12.8. The summed E-state index contributed by atoms with van der Waals surface area (Å²) in [6.07, 6.45) is 27.4. The maximum absolute atomic E-state index is 12.8. The van der Waals surface area contributed by atoms with E-state index >= 15 is 0 Å². The lowest BCUT2D eigenvalue weighted by molar-refractivity contribution is -0.220. The number of allylic oxidation sites excluding steroid dienone is 7. The number of esters is 2. The van der Waals surface area contributed by atoms with Crippen molar-refractivity contribution < 1.29 is 67.8 Å². The molecule has 1 aliphatic carbocycles. The highest BCUT2D eigenvalue weighted by molar-refractivity contribution is 7.47. The Balaban J connectivity index is 1.74. The molecule has 0 aromatic carbocycles. The zero-order chi connectivity index (χ0) is 45.4. The molecule has 2 rings (SSSR count). The number of epoxide rings is 1. The van der Waals surface area contributed by atoms with E-state index in [0.717, 1.165) is 64.2 Å². The summed E-state index contributed by atoms with van der Waals surface area (Å²) in [7, 11) is -5.15. The monoisotopic (exact) mass is 901 g/mol. The molecule has 15 heteroatoms. The molecule has 0 bridgehead atoms. The number of phosphoric acid groups is 1. The maximum Gasteiger partial charge on any atom is 0.472 e. The highest BCUT2D eigenvalue weighted by Gasteiger charge is 2.51. The predicted molar refractivity (Wildman–Crippen MR) is 239 cm³/mol. The van der Waals surface area contributed by atoms with Gasteiger partial charge in [-0.25, -0.2) is 4.57 Å². The molecule has 0 amide bonds. The van der Waals surface area contributed by atoms with Crippen molar-refractivity contribution in [3.8, 4) is 0 Å². The molecule has 1 saturated carbocycles. The van der Waals surface area contributed by atoms with Gasteiger partial charge in [0.25, 0.3) is 0 Å². The van der Waals surface area contributed by atoms with Crippen LogP contribution in [0.15, 0.2) is 48.6 Å². The Bertz CT molecular complexity index is 1340. The summed E-state index contributed by atoms with van der Waals surface area (Å²) in [6.45, 7) is 3.19. The molecule has 2 fully saturated rings. The average Bonchev–Trinajstić information content (AvgIpc) is 4.01. The van der Waals surface area contributed by atoms with E-state index in [1.807, 2.05) is 0 Å². The minimum atomic E-state index is -5.15. The number of rotatable bonds is 37. The third-order valence-corrected chi connectivity index (χ3v) is 12.1. The normalized spacial score (nSPS) is 25.5. The number of hydrogen-bond donors (Lipinski definition) is 6. The number of ether oxygens (including phenoxy) is 3. The van der Waals surface area contributed by atoms with Crippen LogP contribution in [0.4, 0.5) is 0 Å². The fraction of sp³-hybridized carbons (Fsp3) is 0.787. The van der Waals surface area contributed by atoms with Gasteiger partial charge in [0.1, 0.15) is 43.2 Å². The van der Waals surface area contributed by atoms with Gasteiger partial charge in [0, 0.05) is 12.8 Å². The largest absolute Gasteiger partial charge is 0.472 e. The number of aliphatic hydroxyl groups is 5. The number of phosphoric ester groups is 1. The van der Waals surface area contributed by atoms with E-state index in [-0.39, 0.29) is 25.0 Å². The molecule has 1 aliphatic heterocycles. The third-order valence-electron chi connectivity index (χ3n) is 11.1. The van der Waals surface area contributed by atoms with Gasteiger partial charge in [-0.3, -0.25) is 18.6 Å². The van der Waals surface area contributed by atoms with E-state index in [1.165, 1.54) is 57.8 Å². The van der Waals surface area contributed by atoms with Crippen LogP contribution in [0.3, 0.4) is 0 Å². The Labute approximate surface area is 371 Å². The van der Waals surface area contributed by atoms with Crippen LogP contribution in [0, 0.1) is 0 Å². The molecule has 1 saturated heterocycles. The first-order valence-corrected chi connectivity index (χ1v) is 25.1. The van der Waals surface area contributed by atoms with Crippen molar-refractivity contribution in [1.82, 2.24) is 0 Å². The molecule has 6 N–H and O–H groups in total. The van der Waals surface area contributed by atoms with Crippen LogP contribution in [0.5, 0.6) is 0 Å². The first-order chi connectivity index (χ1) is 29.9. The highest BCUT2D eigenvalue weighted by Crippen LogP contribution is 2.47. The molecule has 62 heavy (non-hydrogen) atoms. The second-order valence-electron chi connectivity index (χ2n) is 16.6. The van der Waals surface area contributed by atoms with Crippen molar-refractivity contribution in [2.24, 2.45) is 0 Å². The van der Waals surface area contributed by atoms with Crippen LogP contribution in [0.25, 0.3) is 0 Å². The number of aliphatic hydroxyl groups excluding tert-OH is 5. The van der Waals surface area contributed by atoms with Gasteiger partial charge >= 0.3 is 19.8 Å². The van der Waals surface area contributed by atoms with E-state index in [9.17, 15) is 44.6 Å². The standard InChI is InChI=1S/C47H81O14P/c1-3-5-7-9-11-13-15-17-18-19-21-23-25-27-29-33-40(48)57-35-37(36-58-62(55,56)61-47-45(53)43(51)42(50)44(52)46(47)54)59-41(49)34-30-32-39-38(60-39)31-28-26-24-22-20-16-14-12-10-8-6-4-2/h12-15,20,22,26,28,37-39,42-47,50-54H,3-11,16-19,21,23-25,27,29-36H2,1-2H3,(H,55,56)/b14-12-,15-13-,22-20-,28-26-/t37-,38?,39?,42?,43-,44+,45-,46-,47?/m1/s1. The molecule has 358 valence electrons. The summed E-state index contributed by atoms with van der Waals surface area (Å²) in [5.41, 5.74) is 0. The summed E-state index contributed by atoms with van der Waals surface area (Å²) in [4.78, 5) is 35.8. The third kappa shape index (κ3) is 25.9. The zero-order valence-corrected chi connectivity index (χ0v) is 38.5. The van der Waals surface area contributed by atoms with Crippen molar-refractivity contribution in [3.05, 3.63) is 48.6 Å². The van der Waals surface area contributed by atoms with Crippen LogP contribution in [-0.2, 0) is 37.4 Å². The summed E-state index contributed by atoms with van der Waals surface area (Å²) >= 11 is 0. The van der Waals surface area contributed by atoms with Crippen LogP contribution in [0.2, 0.25) is 0 Å². The van der Waals surface area contributed by atoms with Crippen molar-refractivity contribution >= 4 is 19.8 Å². The fourth-order valence-corrected chi connectivity index (χ4v) is 8.11. The van der Waals surface area contributed by atoms with Gasteiger partial charge in [-0.15, -0.1) is 0 Å². The van der Waals surface area contributed by atoms with Gasteiger partial charge in [-0.1, -0.05) is 127 Å². The van der Waals surface area contributed by atoms with E-state index in [1.54, 1.807) is 0 Å². The predicted octanol–water partition coefficient (Wildman–Crippen LogP) is 8.16. The molecule has 0 aromatic heterocycles. The van der Waals surface area contributed by atoms with Crippen LogP contribution in [0.1, 0.15) is 168 Å². The summed E-state index contributed by atoms with van der Waals surface area (Å²) in [5, 5.41) is 50.2. The number of hydrogen-bond acceptors (Lipinski definition) is 13. The molecule has 0 radical (unpaired) electrons. The minimum Gasteiger partial charge on any atom is -0.462 e. The lowest BCUT2D eigenvalue weighted by atomic mass is 9.85. The molecular formula is C47H81O14P. The Hall–Kier alpha value is -2.23. The van der Waals surface area contributed by atoms with Gasteiger partial charge in [0.2, 0.25) is 0 Å². The molecule has 5 unspecified atom stereocenters. The highest BCUT2D eigenvalue weighted by atomic mass is 31.2. The second-order valence-corrected chi connectivity index (χ2v) is 18.0. The van der Waals surface area contributed by atoms with Gasteiger partial charge in [0.15, 0.2) is 6.10 Å². The van der Waals surface area contributed by atoms with E-state index in [4.69, 9.17) is 23.3 Å². The first kappa shape index (κ1) is 55.9. The van der Waals surface area contributed by atoms with Crippen molar-refractivity contribution in [2.75, 3.05) is 13.2 Å². The van der Waals surface area contributed by atoms with E-state index < -0.39 is 75.7 Å². The van der Waals surface area contributed by atoms with Gasteiger partial charge in [-0.2, -0.15) is 0 Å². The second kappa shape index (κ2) is 34.2. The van der Waals surface area contributed by atoms with Crippen molar-refractivity contribution in [2.45, 2.75) is 223 Å². The smallest absolute Gasteiger partial charge is 0.462 e. The van der Waals surface area contributed by atoms with Gasteiger partial charge in [-0.05, 0) is 77.0 Å². The molecular weight excluding hydrogens is 819 g/mol. The van der Waals surface area contributed by atoms with Crippen molar-refractivity contribution in [3.63, 3.8) is 0 Å². The Kier molecular flexibility index (Phi) is 30.8. The fourth-order valence-electron chi connectivity index (χ4n) is 7.13. The van der Waals surface area contributed by atoms with Crippen LogP contribution >= 0.6 is 7.82 Å². The molecule has 0 spiro atoms. The lowest BCUT2D eigenvalue weighted by Crippen LogP contribution is -2.64.